The van der Waals surface area contributed by atoms with Gasteiger partial charge in [-0.1, -0.05) is 78.7 Å². The Morgan fingerprint density at radius 2 is 1.41 bits per heavy atom. The van der Waals surface area contributed by atoms with Gasteiger partial charge in [0.1, 0.15) is 0 Å². The van der Waals surface area contributed by atoms with Crippen LogP contribution < -0.4 is 5.73 Å². The Balaban J connectivity index is 3.96. The zero-order chi connectivity index (χ0) is 21.1. The maximum Gasteiger partial charge on any atom is 0.0655 e. The number of rotatable bonds is 14. The highest BCUT2D eigenvalue weighted by atomic mass is 14.6. The highest BCUT2D eigenvalue weighted by molar-refractivity contribution is 5.07. The van der Waals surface area contributed by atoms with Crippen LogP contribution in [0.5, 0.6) is 0 Å². The van der Waals surface area contributed by atoms with Gasteiger partial charge in [0.15, 0.2) is 0 Å². The van der Waals surface area contributed by atoms with Gasteiger partial charge in [-0.2, -0.15) is 5.26 Å². The summed E-state index contributed by atoms with van der Waals surface area (Å²) in [5.41, 5.74) is 6.71. The van der Waals surface area contributed by atoms with Crippen LogP contribution in [-0.2, 0) is 0 Å². The number of nitriles is 1. The summed E-state index contributed by atoms with van der Waals surface area (Å²) in [4.78, 5) is 0. The molecule has 1 unspecified atom stereocenters. The molecule has 0 bridgehead atoms. The number of nitrogens with zero attached hydrogens (tertiary/aromatic N) is 1. The number of hydrogen-bond acceptors (Lipinski definition) is 2. The molecular weight excluding hydrogens is 328 g/mol. The van der Waals surface area contributed by atoms with Crippen molar-refractivity contribution in [2.75, 3.05) is 0 Å². The topological polar surface area (TPSA) is 49.8 Å². The van der Waals surface area contributed by atoms with Crippen LogP contribution in [0, 0.1) is 45.8 Å². The molecule has 0 aromatic rings. The fourth-order valence-electron chi connectivity index (χ4n) is 3.21. The molecule has 2 heteroatoms. The van der Waals surface area contributed by atoms with E-state index >= 15 is 0 Å². The number of allylic oxidation sites excluding steroid dienone is 1. The van der Waals surface area contributed by atoms with Crippen molar-refractivity contribution in [3.8, 4) is 18.4 Å². The molecule has 2 N–H and O–H groups in total. The van der Waals surface area contributed by atoms with Crippen LogP contribution in [0.3, 0.4) is 0 Å². The normalized spacial score (nSPS) is 13.6. The Morgan fingerprint density at radius 1 is 0.926 bits per heavy atom. The van der Waals surface area contributed by atoms with Gasteiger partial charge in [-0.15, -0.1) is 6.42 Å². The standard InChI is InChI=1S/C25H44N2/c1-9-24(5,6)25(7,8)19-15-11-13-17-22(20-26)16-12-10-14-18-23(3,4)21(2)27/h1,22H,2,10-19,27H2,3-8H3. The Labute approximate surface area is 170 Å². The molecule has 154 valence electrons. The van der Waals surface area contributed by atoms with Gasteiger partial charge in [-0.25, -0.2) is 0 Å². The Hall–Kier alpha value is -1.41. The van der Waals surface area contributed by atoms with Gasteiger partial charge in [0.05, 0.1) is 6.07 Å². The van der Waals surface area contributed by atoms with Crippen molar-refractivity contribution in [3.05, 3.63) is 12.3 Å². The first kappa shape index (κ1) is 25.6. The van der Waals surface area contributed by atoms with E-state index in [0.717, 1.165) is 50.6 Å². The van der Waals surface area contributed by atoms with E-state index in [-0.39, 0.29) is 22.2 Å². The zero-order valence-corrected chi connectivity index (χ0v) is 19.0. The van der Waals surface area contributed by atoms with E-state index in [1.165, 1.54) is 19.3 Å². The third kappa shape index (κ3) is 9.37. The van der Waals surface area contributed by atoms with Crippen LogP contribution in [0.4, 0.5) is 0 Å². The third-order valence-corrected chi connectivity index (χ3v) is 6.81. The predicted molar refractivity (Wildman–Crippen MR) is 119 cm³/mol. The first-order chi connectivity index (χ1) is 12.4. The van der Waals surface area contributed by atoms with Crippen molar-refractivity contribution in [3.63, 3.8) is 0 Å². The fourth-order valence-corrected chi connectivity index (χ4v) is 3.21. The molecule has 0 saturated carbocycles. The van der Waals surface area contributed by atoms with E-state index in [9.17, 15) is 5.26 Å². The summed E-state index contributed by atoms with van der Waals surface area (Å²) < 4.78 is 0. The lowest BCUT2D eigenvalue weighted by molar-refractivity contribution is 0.156. The molecule has 0 spiro atoms. The van der Waals surface area contributed by atoms with Gasteiger partial charge in [-0.3, -0.25) is 0 Å². The summed E-state index contributed by atoms with van der Waals surface area (Å²) in [5, 5.41) is 9.41. The van der Waals surface area contributed by atoms with Crippen LogP contribution in [0.15, 0.2) is 12.3 Å². The molecule has 0 amide bonds. The van der Waals surface area contributed by atoms with E-state index in [1.54, 1.807) is 0 Å². The highest BCUT2D eigenvalue weighted by Gasteiger charge is 2.34. The Bertz CT molecular complexity index is 526. The van der Waals surface area contributed by atoms with Crippen LogP contribution in [0.1, 0.15) is 106 Å². The highest BCUT2D eigenvalue weighted by Crippen LogP contribution is 2.42. The molecule has 0 rings (SSSR count). The van der Waals surface area contributed by atoms with Crippen molar-refractivity contribution >= 4 is 0 Å². The summed E-state index contributed by atoms with van der Waals surface area (Å²) in [5.74, 6) is 3.15. The van der Waals surface area contributed by atoms with E-state index < -0.39 is 0 Å². The lowest BCUT2D eigenvalue weighted by Gasteiger charge is -2.38. The second-order valence-corrected chi connectivity index (χ2v) is 10.1. The first-order valence-electron chi connectivity index (χ1n) is 10.7. The number of nitrogens with two attached hydrogens (primary N) is 1. The Morgan fingerprint density at radius 3 is 1.81 bits per heavy atom. The molecule has 0 saturated heterocycles. The molecule has 0 aliphatic rings. The van der Waals surface area contributed by atoms with E-state index in [0.29, 0.717) is 0 Å². The molecule has 0 aromatic heterocycles. The Kier molecular flexibility index (Phi) is 10.8. The zero-order valence-electron chi connectivity index (χ0n) is 19.0. The first-order valence-corrected chi connectivity index (χ1v) is 10.7. The van der Waals surface area contributed by atoms with E-state index in [2.05, 4.69) is 60.1 Å². The maximum absolute atomic E-state index is 9.41. The smallest absolute Gasteiger partial charge is 0.0655 e. The van der Waals surface area contributed by atoms with Crippen molar-refractivity contribution in [1.29, 1.82) is 5.26 Å². The van der Waals surface area contributed by atoms with Crippen molar-refractivity contribution in [1.82, 2.24) is 0 Å². The summed E-state index contributed by atoms with van der Waals surface area (Å²) in [6.45, 7) is 17.0. The van der Waals surface area contributed by atoms with Crippen LogP contribution in [0.2, 0.25) is 0 Å². The summed E-state index contributed by atoms with van der Waals surface area (Å²) in [6, 6.07) is 2.51. The molecule has 0 heterocycles. The SMILES string of the molecule is C#CC(C)(C)C(C)(C)CCCCCC(C#N)CCCCCC(C)(C)C(=C)N. The molecule has 2 nitrogen and oxygen atoms in total. The number of unbranched alkanes of at least 4 members (excludes halogenated alkanes) is 4. The summed E-state index contributed by atoms with van der Waals surface area (Å²) in [7, 11) is 0. The molecule has 27 heavy (non-hydrogen) atoms. The molecule has 0 fully saturated rings. The number of terminal acetylenes is 1. The lowest BCUT2D eigenvalue weighted by Crippen LogP contribution is -2.31. The van der Waals surface area contributed by atoms with Gasteiger partial charge in [0, 0.05) is 22.4 Å². The van der Waals surface area contributed by atoms with Gasteiger partial charge in [0.25, 0.3) is 0 Å². The van der Waals surface area contributed by atoms with E-state index in [1.807, 2.05) is 0 Å². The van der Waals surface area contributed by atoms with Gasteiger partial charge in [-0.05, 0) is 44.9 Å². The predicted octanol–water partition coefficient (Wildman–Crippen LogP) is 7.21. The third-order valence-electron chi connectivity index (χ3n) is 6.81. The fraction of sp³-hybridized carbons (Fsp3) is 0.800. The minimum absolute atomic E-state index is 0.0242. The lowest BCUT2D eigenvalue weighted by atomic mass is 9.66. The van der Waals surface area contributed by atoms with Gasteiger partial charge < -0.3 is 5.73 Å². The largest absolute Gasteiger partial charge is 0.402 e. The monoisotopic (exact) mass is 372 g/mol. The summed E-state index contributed by atoms with van der Waals surface area (Å²) in [6.07, 6.45) is 16.9. The average molecular weight is 373 g/mol. The van der Waals surface area contributed by atoms with E-state index in [4.69, 9.17) is 12.2 Å². The quantitative estimate of drug-likeness (QED) is 0.258. The molecule has 1 atom stereocenters. The minimum Gasteiger partial charge on any atom is -0.402 e. The molecular formula is C25H44N2. The summed E-state index contributed by atoms with van der Waals surface area (Å²) >= 11 is 0. The van der Waals surface area contributed by atoms with Crippen LogP contribution >= 0.6 is 0 Å². The minimum atomic E-state index is -0.0764. The van der Waals surface area contributed by atoms with Crippen LogP contribution in [-0.4, -0.2) is 0 Å². The number of hydrogen-bond donors (Lipinski definition) is 1. The van der Waals surface area contributed by atoms with Gasteiger partial charge in [0.2, 0.25) is 0 Å². The maximum atomic E-state index is 9.41. The molecule has 0 radical (unpaired) electrons. The van der Waals surface area contributed by atoms with Crippen molar-refractivity contribution < 1.29 is 0 Å². The molecule has 0 aromatic carbocycles. The molecule has 0 aliphatic heterocycles. The van der Waals surface area contributed by atoms with Crippen molar-refractivity contribution in [2.24, 2.45) is 27.9 Å². The van der Waals surface area contributed by atoms with Crippen LogP contribution in [0.25, 0.3) is 0 Å². The second kappa shape index (κ2) is 11.4. The average Bonchev–Trinajstić information content (AvgIpc) is 2.58. The van der Waals surface area contributed by atoms with Crippen molar-refractivity contribution in [2.45, 2.75) is 106 Å². The van der Waals surface area contributed by atoms with Gasteiger partial charge >= 0.3 is 0 Å². The molecule has 0 aliphatic carbocycles. The second-order valence-electron chi connectivity index (χ2n) is 10.1.